The van der Waals surface area contributed by atoms with Gasteiger partial charge in [0, 0.05) is 16.1 Å². The Morgan fingerprint density at radius 3 is 2.33 bits per heavy atom. The van der Waals surface area contributed by atoms with Gasteiger partial charge in [-0.2, -0.15) is 0 Å². The number of hydrogen-bond acceptors (Lipinski definition) is 9. The van der Waals surface area contributed by atoms with Crippen molar-refractivity contribution in [3.05, 3.63) is 144 Å². The van der Waals surface area contributed by atoms with Crippen LogP contribution in [0.1, 0.15) is 35.2 Å². The van der Waals surface area contributed by atoms with E-state index >= 15 is 0 Å². The van der Waals surface area contributed by atoms with Gasteiger partial charge in [-0.1, -0.05) is 83.6 Å². The highest BCUT2D eigenvalue weighted by Crippen LogP contribution is 2.39. The van der Waals surface area contributed by atoms with E-state index in [0.717, 1.165) is 5.56 Å². The molecule has 1 aliphatic heterocycles. The normalized spacial score (nSPS) is 14.1. The van der Waals surface area contributed by atoms with E-state index in [1.165, 1.54) is 23.0 Å². The van der Waals surface area contributed by atoms with Crippen LogP contribution in [0.4, 0.5) is 0 Å². The second-order valence-corrected chi connectivity index (χ2v) is 12.3. The minimum absolute atomic E-state index is 0.141. The summed E-state index contributed by atoms with van der Waals surface area (Å²) in [6, 6.07) is 26.6. The molecule has 9 nitrogen and oxygen atoms in total. The van der Waals surface area contributed by atoms with Crippen LogP contribution in [0.2, 0.25) is 5.02 Å². The first-order valence-corrected chi connectivity index (χ1v) is 16.6. The number of halogens is 1. The lowest BCUT2D eigenvalue weighted by Gasteiger charge is -2.26. The summed E-state index contributed by atoms with van der Waals surface area (Å²) in [7, 11) is 4.64. The van der Waals surface area contributed by atoms with Gasteiger partial charge in [-0.05, 0) is 54.5 Å². The third-order valence-corrected chi connectivity index (χ3v) is 9.14. The molecule has 5 aromatic rings. The van der Waals surface area contributed by atoms with Crippen LogP contribution in [0.5, 0.6) is 23.0 Å². The summed E-state index contributed by atoms with van der Waals surface area (Å²) in [5, 5.41) is 0.630. The Balaban J connectivity index is 1.57. The number of carbonyl (C=O) groups is 1. The molecule has 0 bridgehead atoms. The zero-order valence-corrected chi connectivity index (χ0v) is 28.8. The van der Waals surface area contributed by atoms with Gasteiger partial charge < -0.3 is 23.7 Å². The molecule has 0 radical (unpaired) electrons. The summed E-state index contributed by atoms with van der Waals surface area (Å²) in [6.45, 7) is 2.13. The van der Waals surface area contributed by atoms with Crippen molar-refractivity contribution in [1.82, 2.24) is 4.57 Å². The first-order valence-electron chi connectivity index (χ1n) is 15.4. The number of carbonyl (C=O) groups excluding carboxylic acids is 1. The van der Waals surface area contributed by atoms with Crippen molar-refractivity contribution < 1.29 is 28.5 Å². The van der Waals surface area contributed by atoms with Crippen molar-refractivity contribution in [2.24, 2.45) is 4.99 Å². The van der Waals surface area contributed by atoms with E-state index in [9.17, 15) is 9.59 Å². The first-order chi connectivity index (χ1) is 23.9. The van der Waals surface area contributed by atoms with E-state index in [1.807, 2.05) is 54.6 Å². The van der Waals surface area contributed by atoms with Crippen molar-refractivity contribution in [3.8, 4) is 23.0 Å². The molecule has 0 N–H and O–H groups in total. The van der Waals surface area contributed by atoms with Crippen molar-refractivity contribution in [2.45, 2.75) is 19.6 Å². The summed E-state index contributed by atoms with van der Waals surface area (Å²) >= 11 is 7.28. The molecule has 2 heterocycles. The minimum Gasteiger partial charge on any atom is -0.493 e. The number of para-hydroxylation sites is 1. The molecular formula is C38H33ClN2O7S. The fraction of sp³-hybridized carbons (Fsp3) is 0.184. The predicted octanol–water partition coefficient (Wildman–Crippen LogP) is 6.19. The number of fused-ring (bicyclic) bond motifs is 1. The fourth-order valence-electron chi connectivity index (χ4n) is 5.62. The van der Waals surface area contributed by atoms with Crippen LogP contribution in [-0.2, 0) is 16.1 Å². The zero-order valence-electron chi connectivity index (χ0n) is 27.3. The smallest absolute Gasteiger partial charge is 0.338 e. The molecule has 6 rings (SSSR count). The molecule has 4 aromatic carbocycles. The lowest BCUT2D eigenvalue weighted by Crippen LogP contribution is -2.40. The van der Waals surface area contributed by atoms with Crippen molar-refractivity contribution in [2.75, 3.05) is 27.9 Å². The first kappa shape index (κ1) is 33.6. The van der Waals surface area contributed by atoms with Gasteiger partial charge in [-0.25, -0.2) is 9.79 Å². The molecule has 0 saturated carbocycles. The fourth-order valence-corrected chi connectivity index (χ4v) is 6.74. The summed E-state index contributed by atoms with van der Waals surface area (Å²) in [4.78, 5) is 33.7. The molecule has 49 heavy (non-hydrogen) atoms. The van der Waals surface area contributed by atoms with Crippen LogP contribution in [0.25, 0.3) is 11.8 Å². The minimum atomic E-state index is -0.890. The van der Waals surface area contributed by atoms with Crippen LogP contribution in [0, 0.1) is 0 Å². The molecule has 0 amide bonds. The quantitative estimate of drug-likeness (QED) is 0.152. The van der Waals surface area contributed by atoms with E-state index in [-0.39, 0.29) is 24.3 Å². The Kier molecular flexibility index (Phi) is 10.2. The number of thiazole rings is 1. The summed E-state index contributed by atoms with van der Waals surface area (Å²) in [5.74, 6) is 1.36. The molecule has 0 fully saturated rings. The highest BCUT2D eigenvalue weighted by molar-refractivity contribution is 7.07. The number of benzene rings is 4. The standard InChI is InChI=1S/C38H33ClN2O7S/c1-5-47-37(43)32-33(24-10-7-6-8-11-24)40-38-41(34(32)25-16-19-28(44-2)30(20-25)46-4)36(42)31(49-38)21-26-12-9-13-29(45-3)35(26)48-22-23-14-17-27(39)18-15-23/h6-21,34H,5,22H2,1-4H3/b31-21-/t34-/m0/s1. The van der Waals surface area contributed by atoms with Crippen LogP contribution in [0.15, 0.2) is 106 Å². The maximum absolute atomic E-state index is 14.5. The van der Waals surface area contributed by atoms with E-state index in [1.54, 1.807) is 63.6 Å². The monoisotopic (exact) mass is 696 g/mol. The molecule has 0 unspecified atom stereocenters. The third kappa shape index (κ3) is 6.83. The third-order valence-electron chi connectivity index (χ3n) is 7.91. The van der Waals surface area contributed by atoms with Crippen molar-refractivity contribution >= 4 is 40.7 Å². The van der Waals surface area contributed by atoms with Crippen LogP contribution < -0.4 is 33.8 Å². The van der Waals surface area contributed by atoms with Crippen molar-refractivity contribution in [1.29, 1.82) is 0 Å². The van der Waals surface area contributed by atoms with E-state index in [0.29, 0.717) is 59.7 Å². The van der Waals surface area contributed by atoms with E-state index < -0.39 is 12.0 Å². The molecule has 1 atom stereocenters. The molecule has 250 valence electrons. The Morgan fingerprint density at radius 1 is 0.898 bits per heavy atom. The highest BCUT2D eigenvalue weighted by Gasteiger charge is 2.35. The number of hydrogen-bond donors (Lipinski definition) is 0. The molecule has 1 aliphatic rings. The van der Waals surface area contributed by atoms with Gasteiger partial charge >= 0.3 is 5.97 Å². The number of rotatable bonds is 11. The molecular weight excluding hydrogens is 664 g/mol. The average Bonchev–Trinajstić information content (AvgIpc) is 3.44. The maximum Gasteiger partial charge on any atom is 0.338 e. The van der Waals surface area contributed by atoms with Gasteiger partial charge in [0.25, 0.3) is 5.56 Å². The average molecular weight is 697 g/mol. The van der Waals surface area contributed by atoms with Crippen molar-refractivity contribution in [3.63, 3.8) is 0 Å². The van der Waals surface area contributed by atoms with E-state index in [2.05, 4.69) is 0 Å². The number of ether oxygens (including phenoxy) is 5. The summed E-state index contributed by atoms with van der Waals surface area (Å²) in [5.41, 5.74) is 3.17. The Bertz CT molecular complexity index is 2210. The number of nitrogens with zero attached hydrogens (tertiary/aromatic N) is 2. The van der Waals surface area contributed by atoms with Gasteiger partial charge in [0.2, 0.25) is 0 Å². The van der Waals surface area contributed by atoms with Gasteiger partial charge in [-0.15, -0.1) is 0 Å². The van der Waals surface area contributed by atoms with Crippen LogP contribution in [-0.4, -0.2) is 38.5 Å². The van der Waals surface area contributed by atoms with Gasteiger partial charge in [0.15, 0.2) is 27.8 Å². The molecule has 0 spiro atoms. The summed E-state index contributed by atoms with van der Waals surface area (Å²) < 4.78 is 30.5. The summed E-state index contributed by atoms with van der Waals surface area (Å²) in [6.07, 6.45) is 1.76. The number of aromatic nitrogens is 1. The Morgan fingerprint density at radius 2 is 1.63 bits per heavy atom. The Labute approximate surface area is 291 Å². The van der Waals surface area contributed by atoms with Crippen LogP contribution in [0.3, 0.4) is 0 Å². The maximum atomic E-state index is 14.5. The molecule has 11 heteroatoms. The molecule has 1 aromatic heterocycles. The molecule has 0 saturated heterocycles. The lowest BCUT2D eigenvalue weighted by molar-refractivity contribution is -0.138. The number of methoxy groups -OCH3 is 3. The second kappa shape index (κ2) is 14.8. The van der Waals surface area contributed by atoms with E-state index in [4.69, 9.17) is 40.3 Å². The van der Waals surface area contributed by atoms with Gasteiger partial charge in [0.1, 0.15) is 6.61 Å². The zero-order chi connectivity index (χ0) is 34.5. The van der Waals surface area contributed by atoms with Gasteiger partial charge in [-0.3, -0.25) is 9.36 Å². The van der Waals surface area contributed by atoms with Crippen LogP contribution >= 0.6 is 22.9 Å². The Hall–Kier alpha value is -5.32. The highest BCUT2D eigenvalue weighted by atomic mass is 35.5. The van der Waals surface area contributed by atoms with Gasteiger partial charge in [0.05, 0.1) is 49.8 Å². The lowest BCUT2D eigenvalue weighted by atomic mass is 9.93. The largest absolute Gasteiger partial charge is 0.493 e. The second-order valence-electron chi connectivity index (χ2n) is 10.8. The predicted molar refractivity (Wildman–Crippen MR) is 189 cm³/mol. The topological polar surface area (TPSA) is 97.6 Å². The molecule has 0 aliphatic carbocycles. The number of esters is 1. The SMILES string of the molecule is CCOC(=O)C1=C(c2ccccc2)N=c2s/c(=C\c3cccc(OC)c3OCc3ccc(Cl)cc3)c(=O)n2[C@H]1c1ccc(OC)c(OC)c1.